The van der Waals surface area contributed by atoms with Crippen LogP contribution in [-0.4, -0.2) is 27.2 Å². The molecule has 18 heavy (non-hydrogen) atoms. The Balaban J connectivity index is 2.15. The van der Waals surface area contributed by atoms with E-state index in [0.717, 1.165) is 12.8 Å². The van der Waals surface area contributed by atoms with Crippen molar-refractivity contribution >= 4 is 23.1 Å². The molecule has 0 bridgehead atoms. The molecule has 0 radical (unpaired) electrons. The normalized spacial score (nSPS) is 16.0. The number of carbonyl (C=O) groups excluding carboxylic acids is 1. The Kier molecular flexibility index (Phi) is 3.38. The average Bonchev–Trinajstić information content (AvgIpc) is 3.12. The molecule has 96 valence electrons. The lowest BCUT2D eigenvalue weighted by Crippen LogP contribution is -2.45. The maximum Gasteiger partial charge on any atom is 0.255 e. The van der Waals surface area contributed by atoms with Crippen molar-refractivity contribution in [2.45, 2.75) is 18.9 Å². The number of hydrogen-bond donors (Lipinski definition) is 4. The van der Waals surface area contributed by atoms with Gasteiger partial charge in [0.25, 0.3) is 5.91 Å². The van der Waals surface area contributed by atoms with Crippen LogP contribution in [0, 0.1) is 5.92 Å². The van der Waals surface area contributed by atoms with Crippen molar-refractivity contribution in [1.82, 2.24) is 5.32 Å². The molecule has 0 spiro atoms. The van der Waals surface area contributed by atoms with Crippen molar-refractivity contribution in [2.24, 2.45) is 11.7 Å². The summed E-state index contributed by atoms with van der Waals surface area (Å²) in [6.07, 6.45) is 1.96. The number of carbonyl (C=O) groups is 1. The monoisotopic (exact) mass is 266 g/mol. The maximum absolute atomic E-state index is 12.0. The number of phenols is 2. The van der Waals surface area contributed by atoms with Gasteiger partial charge in [0.15, 0.2) is 0 Å². The van der Waals surface area contributed by atoms with Gasteiger partial charge in [-0.1, -0.05) is 12.2 Å². The van der Waals surface area contributed by atoms with Crippen LogP contribution in [0.2, 0.25) is 0 Å². The van der Waals surface area contributed by atoms with Crippen molar-refractivity contribution in [3.05, 3.63) is 23.8 Å². The SMILES string of the molecule is NC(=S)C(NC(=O)c1cc(O)ccc1O)C1CC1. The van der Waals surface area contributed by atoms with Gasteiger partial charge >= 0.3 is 0 Å². The first-order valence-corrected chi connectivity index (χ1v) is 6.02. The van der Waals surface area contributed by atoms with E-state index in [-0.39, 0.29) is 34.0 Å². The second kappa shape index (κ2) is 4.81. The molecule has 1 aromatic rings. The molecule has 1 aromatic carbocycles. The van der Waals surface area contributed by atoms with Crippen molar-refractivity contribution in [1.29, 1.82) is 0 Å². The molecule has 0 aromatic heterocycles. The van der Waals surface area contributed by atoms with Crippen LogP contribution in [0.3, 0.4) is 0 Å². The second-order valence-corrected chi connectivity index (χ2v) is 4.86. The molecule has 5 nitrogen and oxygen atoms in total. The first-order chi connectivity index (χ1) is 8.49. The van der Waals surface area contributed by atoms with Crippen molar-refractivity contribution < 1.29 is 15.0 Å². The van der Waals surface area contributed by atoms with Crippen LogP contribution in [0.5, 0.6) is 11.5 Å². The lowest BCUT2D eigenvalue weighted by Gasteiger charge is -2.17. The van der Waals surface area contributed by atoms with Crippen LogP contribution >= 0.6 is 12.2 Å². The Bertz CT molecular complexity index is 500. The van der Waals surface area contributed by atoms with Crippen molar-refractivity contribution in [3.63, 3.8) is 0 Å². The Labute approximate surface area is 110 Å². The number of hydrogen-bond acceptors (Lipinski definition) is 4. The van der Waals surface area contributed by atoms with Crippen LogP contribution in [-0.2, 0) is 0 Å². The van der Waals surface area contributed by atoms with E-state index in [0.29, 0.717) is 0 Å². The summed E-state index contributed by atoms with van der Waals surface area (Å²) in [6, 6.07) is 3.41. The zero-order chi connectivity index (χ0) is 13.3. The lowest BCUT2D eigenvalue weighted by molar-refractivity contribution is 0.0940. The zero-order valence-electron chi connectivity index (χ0n) is 9.59. The first-order valence-electron chi connectivity index (χ1n) is 5.61. The van der Waals surface area contributed by atoms with Gasteiger partial charge in [0, 0.05) is 0 Å². The van der Waals surface area contributed by atoms with E-state index < -0.39 is 5.91 Å². The van der Waals surface area contributed by atoms with Crippen LogP contribution in [0.15, 0.2) is 18.2 Å². The van der Waals surface area contributed by atoms with Gasteiger partial charge in [-0.05, 0) is 37.0 Å². The highest BCUT2D eigenvalue weighted by Crippen LogP contribution is 2.33. The largest absolute Gasteiger partial charge is 0.508 e. The molecule has 5 N–H and O–H groups in total. The summed E-state index contributed by atoms with van der Waals surface area (Å²) in [5.74, 6) is -0.488. The number of thiocarbonyl (C=S) groups is 1. The number of rotatable bonds is 4. The summed E-state index contributed by atoms with van der Waals surface area (Å²) < 4.78 is 0. The van der Waals surface area contributed by atoms with E-state index in [1.807, 2.05) is 0 Å². The number of nitrogens with two attached hydrogens (primary N) is 1. The number of amides is 1. The average molecular weight is 266 g/mol. The smallest absolute Gasteiger partial charge is 0.255 e. The molecule has 1 fully saturated rings. The van der Waals surface area contributed by atoms with Gasteiger partial charge < -0.3 is 21.3 Å². The standard InChI is InChI=1S/C12H14N2O3S/c13-11(18)10(6-1-2-6)14-12(17)8-5-7(15)3-4-9(8)16/h3-6,10,15-16H,1-2H2,(H2,13,18)(H,14,17). The topological polar surface area (TPSA) is 95.6 Å². The molecule has 1 aliphatic rings. The van der Waals surface area contributed by atoms with Gasteiger partial charge in [-0.15, -0.1) is 0 Å². The van der Waals surface area contributed by atoms with E-state index in [9.17, 15) is 15.0 Å². The fourth-order valence-electron chi connectivity index (χ4n) is 1.78. The van der Waals surface area contributed by atoms with Crippen LogP contribution in [0.25, 0.3) is 0 Å². The molecule has 0 saturated heterocycles. The summed E-state index contributed by atoms with van der Waals surface area (Å²) in [7, 11) is 0. The van der Waals surface area contributed by atoms with E-state index in [4.69, 9.17) is 18.0 Å². The van der Waals surface area contributed by atoms with Gasteiger partial charge in [0.1, 0.15) is 11.5 Å². The molecule has 1 saturated carbocycles. The molecule has 1 atom stereocenters. The van der Waals surface area contributed by atoms with Crippen LogP contribution in [0.4, 0.5) is 0 Å². The minimum absolute atomic E-state index is 0.0110. The molecular weight excluding hydrogens is 252 g/mol. The molecule has 1 unspecified atom stereocenters. The maximum atomic E-state index is 12.0. The number of aromatic hydroxyl groups is 2. The third-order valence-electron chi connectivity index (χ3n) is 2.91. The molecule has 0 aliphatic heterocycles. The molecule has 1 aliphatic carbocycles. The van der Waals surface area contributed by atoms with Gasteiger partial charge in [-0.3, -0.25) is 4.79 Å². The van der Waals surface area contributed by atoms with Crippen molar-refractivity contribution in [3.8, 4) is 11.5 Å². The fourth-order valence-corrected chi connectivity index (χ4v) is 2.03. The highest BCUT2D eigenvalue weighted by Gasteiger charge is 2.34. The molecule has 0 heterocycles. The molecular formula is C12H14N2O3S. The third kappa shape index (κ3) is 2.70. The molecule has 2 rings (SSSR count). The Morgan fingerprint density at radius 1 is 1.44 bits per heavy atom. The van der Waals surface area contributed by atoms with Crippen LogP contribution in [0.1, 0.15) is 23.2 Å². The summed E-state index contributed by atoms with van der Waals surface area (Å²) in [5.41, 5.74) is 5.59. The molecule has 1 amide bonds. The van der Waals surface area contributed by atoms with Gasteiger partial charge in [0.05, 0.1) is 16.6 Å². The van der Waals surface area contributed by atoms with Gasteiger partial charge in [0.2, 0.25) is 0 Å². The first kappa shape index (κ1) is 12.6. The van der Waals surface area contributed by atoms with E-state index in [2.05, 4.69) is 5.32 Å². The Hall–Kier alpha value is -1.82. The fraction of sp³-hybridized carbons (Fsp3) is 0.333. The second-order valence-electron chi connectivity index (χ2n) is 4.39. The van der Waals surface area contributed by atoms with E-state index >= 15 is 0 Å². The summed E-state index contributed by atoms with van der Waals surface area (Å²) in [4.78, 5) is 12.2. The highest BCUT2D eigenvalue weighted by atomic mass is 32.1. The number of benzene rings is 1. The lowest BCUT2D eigenvalue weighted by atomic mass is 10.1. The highest BCUT2D eigenvalue weighted by molar-refractivity contribution is 7.80. The van der Waals surface area contributed by atoms with E-state index in [1.54, 1.807) is 0 Å². The summed E-state index contributed by atoms with van der Waals surface area (Å²) >= 11 is 4.91. The zero-order valence-corrected chi connectivity index (χ0v) is 10.4. The summed E-state index contributed by atoms with van der Waals surface area (Å²) in [6.45, 7) is 0. The van der Waals surface area contributed by atoms with Gasteiger partial charge in [-0.25, -0.2) is 0 Å². The quantitative estimate of drug-likeness (QED) is 0.479. The third-order valence-corrected chi connectivity index (χ3v) is 3.17. The Morgan fingerprint density at radius 3 is 2.67 bits per heavy atom. The Morgan fingerprint density at radius 2 is 2.11 bits per heavy atom. The summed E-state index contributed by atoms with van der Waals surface area (Å²) in [5, 5.41) is 21.6. The van der Waals surface area contributed by atoms with Crippen molar-refractivity contribution in [2.75, 3.05) is 0 Å². The minimum Gasteiger partial charge on any atom is -0.508 e. The van der Waals surface area contributed by atoms with E-state index in [1.165, 1.54) is 18.2 Å². The van der Waals surface area contributed by atoms with Crippen LogP contribution < -0.4 is 11.1 Å². The van der Waals surface area contributed by atoms with Gasteiger partial charge in [-0.2, -0.15) is 0 Å². The minimum atomic E-state index is -0.492. The predicted molar refractivity (Wildman–Crippen MR) is 70.5 cm³/mol. The predicted octanol–water partition coefficient (Wildman–Crippen LogP) is 0.892. The molecule has 6 heteroatoms. The number of phenolic OH excluding ortho intramolecular Hbond substituents is 2. The number of nitrogens with one attached hydrogen (secondary N) is 1.